The number of carbonyl (C=O) groups is 1. The minimum Gasteiger partial charge on any atom is -0.495 e. The van der Waals surface area contributed by atoms with Crippen molar-refractivity contribution in [3.05, 3.63) is 57.4 Å². The largest absolute Gasteiger partial charge is 0.495 e. The van der Waals surface area contributed by atoms with Gasteiger partial charge in [-0.2, -0.15) is 0 Å². The van der Waals surface area contributed by atoms with E-state index in [-0.39, 0.29) is 22.1 Å². The van der Waals surface area contributed by atoms with E-state index in [9.17, 15) is 19.3 Å². The number of methoxy groups -OCH3 is 1. The van der Waals surface area contributed by atoms with Crippen LogP contribution in [-0.4, -0.2) is 24.0 Å². The third kappa shape index (κ3) is 4.57. The highest BCUT2D eigenvalue weighted by atomic mass is 35.5. The van der Waals surface area contributed by atoms with Gasteiger partial charge in [-0.3, -0.25) is 14.9 Å². The Hall–Kier alpha value is -2.87. The molecule has 1 amide bonds. The summed E-state index contributed by atoms with van der Waals surface area (Å²) in [6, 6.07) is 7.14. The molecule has 25 heavy (non-hydrogen) atoms. The van der Waals surface area contributed by atoms with Crippen molar-refractivity contribution in [1.29, 1.82) is 0 Å². The molecule has 2 N–H and O–H groups in total. The number of non-ortho nitro benzene ring substituents is 1. The van der Waals surface area contributed by atoms with E-state index in [1.807, 2.05) is 0 Å². The molecule has 132 valence electrons. The molecule has 2 aromatic rings. The van der Waals surface area contributed by atoms with Crippen molar-refractivity contribution in [2.24, 2.45) is 0 Å². The number of halogens is 2. The average Bonchev–Trinajstić information content (AvgIpc) is 2.57. The van der Waals surface area contributed by atoms with Crippen molar-refractivity contribution in [1.82, 2.24) is 0 Å². The van der Waals surface area contributed by atoms with Gasteiger partial charge in [0.25, 0.3) is 5.69 Å². The fourth-order valence-electron chi connectivity index (χ4n) is 2.05. The van der Waals surface area contributed by atoms with Crippen molar-refractivity contribution in [2.75, 3.05) is 17.7 Å². The van der Waals surface area contributed by atoms with Crippen LogP contribution in [-0.2, 0) is 4.79 Å². The maximum absolute atomic E-state index is 13.2. The van der Waals surface area contributed by atoms with Gasteiger partial charge in [0.05, 0.1) is 22.7 Å². The summed E-state index contributed by atoms with van der Waals surface area (Å²) in [5.41, 5.74) is 0.453. The van der Waals surface area contributed by atoms with E-state index < -0.39 is 22.7 Å². The number of anilines is 2. The lowest BCUT2D eigenvalue weighted by atomic mass is 10.2. The third-order valence-electron chi connectivity index (χ3n) is 3.35. The molecule has 0 saturated carbocycles. The molecule has 0 unspecified atom stereocenters. The van der Waals surface area contributed by atoms with Crippen molar-refractivity contribution in [3.63, 3.8) is 0 Å². The fraction of sp³-hybridized carbons (Fsp3) is 0.188. The number of amides is 1. The first-order chi connectivity index (χ1) is 11.8. The molecular formula is C16H15ClFN3O4. The van der Waals surface area contributed by atoms with E-state index in [1.165, 1.54) is 43.5 Å². The van der Waals surface area contributed by atoms with Crippen LogP contribution in [0, 0.1) is 15.9 Å². The number of nitrogens with zero attached hydrogens (tertiary/aromatic N) is 1. The number of benzene rings is 2. The number of carbonyl (C=O) groups excluding carboxylic acids is 1. The van der Waals surface area contributed by atoms with E-state index >= 15 is 0 Å². The molecule has 0 saturated heterocycles. The summed E-state index contributed by atoms with van der Waals surface area (Å²) >= 11 is 5.70. The number of ether oxygens (including phenoxy) is 1. The van der Waals surface area contributed by atoms with Crippen LogP contribution in [0.25, 0.3) is 0 Å². The standard InChI is InChI=1S/C16H15ClFN3O4/c1-9(19-10-3-5-13(18)12(17)7-10)16(22)20-14-8-11(21(23)24)4-6-15(14)25-2/h3-9,19H,1-2H3,(H,20,22)/t9-/m0/s1. The monoisotopic (exact) mass is 367 g/mol. The molecule has 0 aliphatic rings. The Bertz CT molecular complexity index is 816. The predicted octanol–water partition coefficient (Wildman–Crippen LogP) is 3.84. The number of hydrogen-bond donors (Lipinski definition) is 2. The zero-order chi connectivity index (χ0) is 18.6. The molecule has 0 aliphatic heterocycles. The highest BCUT2D eigenvalue weighted by molar-refractivity contribution is 6.31. The Labute approximate surface area is 147 Å². The highest BCUT2D eigenvalue weighted by Gasteiger charge is 2.18. The lowest BCUT2D eigenvalue weighted by Crippen LogP contribution is -2.32. The van der Waals surface area contributed by atoms with Gasteiger partial charge in [0, 0.05) is 17.8 Å². The zero-order valence-corrected chi connectivity index (χ0v) is 14.1. The lowest BCUT2D eigenvalue weighted by Gasteiger charge is -2.16. The van der Waals surface area contributed by atoms with Crippen LogP contribution >= 0.6 is 11.6 Å². The van der Waals surface area contributed by atoms with E-state index in [0.29, 0.717) is 5.69 Å². The highest BCUT2D eigenvalue weighted by Crippen LogP contribution is 2.29. The van der Waals surface area contributed by atoms with Gasteiger partial charge in [0.1, 0.15) is 17.6 Å². The Balaban J connectivity index is 2.13. The first-order valence-corrected chi connectivity index (χ1v) is 7.54. The molecule has 0 bridgehead atoms. The van der Waals surface area contributed by atoms with Gasteiger partial charge in [-0.25, -0.2) is 4.39 Å². The van der Waals surface area contributed by atoms with Crippen molar-refractivity contribution < 1.29 is 18.8 Å². The summed E-state index contributed by atoms with van der Waals surface area (Å²) in [5.74, 6) is -0.735. The van der Waals surface area contributed by atoms with Crippen LogP contribution in [0.5, 0.6) is 5.75 Å². The maximum Gasteiger partial charge on any atom is 0.271 e. The number of nitro groups is 1. The van der Waals surface area contributed by atoms with E-state index in [1.54, 1.807) is 6.92 Å². The zero-order valence-electron chi connectivity index (χ0n) is 13.4. The van der Waals surface area contributed by atoms with Crippen molar-refractivity contribution in [3.8, 4) is 5.75 Å². The predicted molar refractivity (Wildman–Crippen MR) is 92.8 cm³/mol. The van der Waals surface area contributed by atoms with Gasteiger partial charge in [-0.15, -0.1) is 0 Å². The summed E-state index contributed by atoms with van der Waals surface area (Å²) in [4.78, 5) is 22.6. The smallest absolute Gasteiger partial charge is 0.271 e. The van der Waals surface area contributed by atoms with Crippen molar-refractivity contribution >= 4 is 34.6 Å². The Morgan fingerprint density at radius 2 is 2.04 bits per heavy atom. The normalized spacial score (nSPS) is 11.5. The Kier molecular flexibility index (Phi) is 5.76. The number of rotatable bonds is 6. The van der Waals surface area contributed by atoms with Gasteiger partial charge in [0.2, 0.25) is 5.91 Å². The summed E-state index contributed by atoms with van der Waals surface area (Å²) in [6.07, 6.45) is 0. The summed E-state index contributed by atoms with van der Waals surface area (Å²) in [6.45, 7) is 1.58. The third-order valence-corrected chi connectivity index (χ3v) is 3.64. The van der Waals surface area contributed by atoms with Crippen LogP contribution in [0.15, 0.2) is 36.4 Å². The Morgan fingerprint density at radius 3 is 2.64 bits per heavy atom. The van der Waals surface area contributed by atoms with Gasteiger partial charge in [-0.1, -0.05) is 11.6 Å². The molecule has 0 radical (unpaired) electrons. The summed E-state index contributed by atoms with van der Waals surface area (Å²) in [7, 11) is 1.39. The van der Waals surface area contributed by atoms with Gasteiger partial charge < -0.3 is 15.4 Å². The van der Waals surface area contributed by atoms with Crippen LogP contribution in [0.3, 0.4) is 0 Å². The van der Waals surface area contributed by atoms with Crippen LogP contribution < -0.4 is 15.4 Å². The first-order valence-electron chi connectivity index (χ1n) is 7.16. The summed E-state index contributed by atoms with van der Waals surface area (Å²) in [5, 5.41) is 16.2. The number of nitro benzene ring substituents is 1. The van der Waals surface area contributed by atoms with E-state index in [2.05, 4.69) is 10.6 Å². The van der Waals surface area contributed by atoms with Crippen molar-refractivity contribution in [2.45, 2.75) is 13.0 Å². The summed E-state index contributed by atoms with van der Waals surface area (Å²) < 4.78 is 18.3. The minimum absolute atomic E-state index is 0.0713. The average molecular weight is 368 g/mol. The molecule has 0 aromatic heterocycles. The molecular weight excluding hydrogens is 353 g/mol. The van der Waals surface area contributed by atoms with E-state index in [4.69, 9.17) is 16.3 Å². The molecule has 2 rings (SSSR count). The van der Waals surface area contributed by atoms with Crippen LogP contribution in [0.1, 0.15) is 6.92 Å². The molecule has 7 nitrogen and oxygen atoms in total. The minimum atomic E-state index is -0.717. The number of hydrogen-bond acceptors (Lipinski definition) is 5. The van der Waals surface area contributed by atoms with Gasteiger partial charge in [0.15, 0.2) is 0 Å². The molecule has 0 spiro atoms. The molecule has 9 heteroatoms. The topological polar surface area (TPSA) is 93.5 Å². The van der Waals surface area contributed by atoms with Crippen LogP contribution in [0.2, 0.25) is 5.02 Å². The fourth-order valence-corrected chi connectivity index (χ4v) is 2.23. The van der Waals surface area contributed by atoms with Gasteiger partial charge >= 0.3 is 0 Å². The Morgan fingerprint density at radius 1 is 1.32 bits per heavy atom. The molecule has 0 aliphatic carbocycles. The maximum atomic E-state index is 13.2. The second-order valence-corrected chi connectivity index (χ2v) is 5.53. The lowest BCUT2D eigenvalue weighted by molar-refractivity contribution is -0.384. The second-order valence-electron chi connectivity index (χ2n) is 5.13. The quantitative estimate of drug-likeness (QED) is 0.597. The van der Waals surface area contributed by atoms with Gasteiger partial charge in [-0.05, 0) is 31.2 Å². The molecule has 1 atom stereocenters. The van der Waals surface area contributed by atoms with E-state index in [0.717, 1.165) is 0 Å². The number of nitrogens with one attached hydrogen (secondary N) is 2. The first kappa shape index (κ1) is 18.5. The molecule has 2 aromatic carbocycles. The SMILES string of the molecule is COc1ccc([N+](=O)[O-])cc1NC(=O)[C@H](C)Nc1ccc(F)c(Cl)c1. The second kappa shape index (κ2) is 7.80. The molecule has 0 heterocycles. The molecule has 0 fully saturated rings. The van der Waals surface area contributed by atoms with Crippen LogP contribution in [0.4, 0.5) is 21.5 Å².